The van der Waals surface area contributed by atoms with E-state index in [9.17, 15) is 4.79 Å². The number of ether oxygens (including phenoxy) is 4. The maximum atomic E-state index is 11.5. The molecule has 0 spiro atoms. The molecular weight excluding hydrogens is 284 g/mol. The lowest BCUT2D eigenvalue weighted by atomic mass is 10.0. The first-order chi connectivity index (χ1) is 10.6. The number of hydrogen-bond acceptors (Lipinski definition) is 5. The molecule has 0 unspecified atom stereocenters. The van der Waals surface area contributed by atoms with Gasteiger partial charge in [0.2, 0.25) is 0 Å². The van der Waals surface area contributed by atoms with Crippen LogP contribution in [0.4, 0.5) is 0 Å². The van der Waals surface area contributed by atoms with Crippen LogP contribution in [0, 0.1) is 0 Å². The van der Waals surface area contributed by atoms with E-state index in [2.05, 4.69) is 0 Å². The van der Waals surface area contributed by atoms with E-state index in [0.717, 1.165) is 23.5 Å². The van der Waals surface area contributed by atoms with Crippen molar-refractivity contribution in [2.45, 2.75) is 26.1 Å². The summed E-state index contributed by atoms with van der Waals surface area (Å²) < 4.78 is 21.1. The molecule has 0 aliphatic carbocycles. The van der Waals surface area contributed by atoms with Crippen LogP contribution in [0.15, 0.2) is 24.3 Å². The van der Waals surface area contributed by atoms with Crippen LogP contribution in [0.25, 0.3) is 6.08 Å². The molecule has 5 heteroatoms. The summed E-state index contributed by atoms with van der Waals surface area (Å²) in [6.45, 7) is 5.46. The van der Waals surface area contributed by atoms with Gasteiger partial charge in [-0.3, -0.25) is 0 Å². The Morgan fingerprint density at radius 3 is 2.91 bits per heavy atom. The van der Waals surface area contributed by atoms with Gasteiger partial charge in [-0.1, -0.05) is 6.07 Å². The van der Waals surface area contributed by atoms with E-state index in [0.29, 0.717) is 13.2 Å². The summed E-state index contributed by atoms with van der Waals surface area (Å²) in [5.41, 5.74) is 1.86. The Kier molecular flexibility index (Phi) is 5.98. The predicted molar refractivity (Wildman–Crippen MR) is 82.8 cm³/mol. The maximum absolute atomic E-state index is 11.5. The number of hydrogen-bond donors (Lipinski definition) is 0. The van der Waals surface area contributed by atoms with Crippen molar-refractivity contribution < 1.29 is 23.7 Å². The average molecular weight is 306 g/mol. The molecule has 0 N–H and O–H groups in total. The van der Waals surface area contributed by atoms with E-state index >= 15 is 0 Å². The predicted octanol–water partition coefficient (Wildman–Crippen LogP) is 2.75. The highest BCUT2D eigenvalue weighted by Crippen LogP contribution is 2.27. The first-order valence-corrected chi connectivity index (χ1v) is 7.40. The van der Waals surface area contributed by atoms with Crippen LogP contribution in [0.3, 0.4) is 0 Å². The Labute approximate surface area is 130 Å². The normalized spacial score (nSPS) is 18.2. The Hall–Kier alpha value is -1.85. The van der Waals surface area contributed by atoms with Crippen LogP contribution in [-0.2, 0) is 19.0 Å². The standard InChI is InChI=1S/C17H22O5/c1-4-20-17(18)8-5-13-9-14(19-3)6-7-16(13)12(2)21-10-15-11-22-15/h5-9,12,15H,4,10-11H2,1-3H3/b8-5+/t12-,15+/m1/s1. The van der Waals surface area contributed by atoms with E-state index in [1.807, 2.05) is 25.1 Å². The summed E-state index contributed by atoms with van der Waals surface area (Å²) in [6.07, 6.45) is 3.26. The Balaban J connectivity index is 2.13. The van der Waals surface area contributed by atoms with Gasteiger partial charge in [0.05, 0.1) is 33.0 Å². The average Bonchev–Trinajstić information content (AvgIpc) is 3.35. The molecule has 2 atom stereocenters. The zero-order valence-corrected chi connectivity index (χ0v) is 13.2. The fraction of sp³-hybridized carbons (Fsp3) is 0.471. The van der Waals surface area contributed by atoms with Crippen molar-refractivity contribution in [3.63, 3.8) is 0 Å². The molecule has 1 fully saturated rings. The summed E-state index contributed by atoms with van der Waals surface area (Å²) in [7, 11) is 1.61. The third-order valence-corrected chi connectivity index (χ3v) is 3.35. The lowest BCUT2D eigenvalue weighted by Gasteiger charge is -2.16. The number of benzene rings is 1. The number of methoxy groups -OCH3 is 1. The van der Waals surface area contributed by atoms with Crippen molar-refractivity contribution in [1.29, 1.82) is 0 Å². The second kappa shape index (κ2) is 7.96. The lowest BCUT2D eigenvalue weighted by Crippen LogP contribution is -2.07. The van der Waals surface area contributed by atoms with Crippen molar-refractivity contribution in [1.82, 2.24) is 0 Å². The third-order valence-electron chi connectivity index (χ3n) is 3.35. The molecule has 0 saturated carbocycles. The van der Waals surface area contributed by atoms with Gasteiger partial charge >= 0.3 is 5.97 Å². The molecule has 2 rings (SSSR count). The quantitative estimate of drug-likeness (QED) is 0.420. The van der Waals surface area contributed by atoms with Crippen LogP contribution >= 0.6 is 0 Å². The van der Waals surface area contributed by atoms with E-state index in [-0.39, 0.29) is 18.2 Å². The Bertz CT molecular complexity index is 534. The second-order valence-corrected chi connectivity index (χ2v) is 5.01. The highest BCUT2D eigenvalue weighted by Gasteiger charge is 2.24. The Morgan fingerprint density at radius 1 is 1.50 bits per heavy atom. The second-order valence-electron chi connectivity index (χ2n) is 5.01. The van der Waals surface area contributed by atoms with Gasteiger partial charge in [0.1, 0.15) is 11.9 Å². The SMILES string of the molecule is CCOC(=O)/C=C/c1cc(OC)ccc1[C@@H](C)OC[C@H]1CO1. The monoisotopic (exact) mass is 306 g/mol. The fourth-order valence-electron chi connectivity index (χ4n) is 2.05. The summed E-state index contributed by atoms with van der Waals surface area (Å²) in [4.78, 5) is 11.5. The van der Waals surface area contributed by atoms with Crippen LogP contribution < -0.4 is 4.74 Å². The highest BCUT2D eigenvalue weighted by molar-refractivity contribution is 5.87. The summed E-state index contributed by atoms with van der Waals surface area (Å²) in [5, 5.41) is 0. The summed E-state index contributed by atoms with van der Waals surface area (Å²) >= 11 is 0. The minimum absolute atomic E-state index is 0.100. The van der Waals surface area contributed by atoms with Gasteiger partial charge in [0.15, 0.2) is 0 Å². The Morgan fingerprint density at radius 2 is 2.27 bits per heavy atom. The zero-order valence-electron chi connectivity index (χ0n) is 13.2. The first-order valence-electron chi connectivity index (χ1n) is 7.40. The molecule has 1 aromatic rings. The minimum Gasteiger partial charge on any atom is -0.497 e. The molecule has 0 bridgehead atoms. The molecule has 0 aromatic heterocycles. The number of esters is 1. The van der Waals surface area contributed by atoms with Crippen LogP contribution in [0.1, 0.15) is 31.1 Å². The van der Waals surface area contributed by atoms with Crippen LogP contribution in [0.5, 0.6) is 5.75 Å². The molecule has 1 heterocycles. The molecule has 1 aliphatic rings. The van der Waals surface area contributed by atoms with E-state index < -0.39 is 0 Å². The van der Waals surface area contributed by atoms with Crippen molar-refractivity contribution in [3.8, 4) is 5.75 Å². The molecule has 120 valence electrons. The smallest absolute Gasteiger partial charge is 0.330 e. The van der Waals surface area contributed by atoms with Crippen molar-refractivity contribution in [2.24, 2.45) is 0 Å². The lowest BCUT2D eigenvalue weighted by molar-refractivity contribution is -0.137. The molecule has 22 heavy (non-hydrogen) atoms. The van der Waals surface area contributed by atoms with Gasteiger partial charge in [0, 0.05) is 6.08 Å². The van der Waals surface area contributed by atoms with Gasteiger partial charge in [-0.15, -0.1) is 0 Å². The molecule has 0 radical (unpaired) electrons. The van der Waals surface area contributed by atoms with Crippen LogP contribution in [-0.4, -0.2) is 39.0 Å². The zero-order chi connectivity index (χ0) is 15.9. The number of epoxide rings is 1. The molecule has 0 amide bonds. The van der Waals surface area contributed by atoms with Crippen molar-refractivity contribution >= 4 is 12.0 Å². The molecule has 1 aromatic carbocycles. The minimum atomic E-state index is -0.365. The maximum Gasteiger partial charge on any atom is 0.330 e. The molecular formula is C17H22O5. The van der Waals surface area contributed by atoms with E-state index in [1.165, 1.54) is 6.08 Å². The number of carbonyl (C=O) groups excluding carboxylic acids is 1. The third kappa shape index (κ3) is 4.86. The summed E-state index contributed by atoms with van der Waals surface area (Å²) in [5.74, 6) is 0.362. The topological polar surface area (TPSA) is 57.3 Å². The van der Waals surface area contributed by atoms with Gasteiger partial charge in [-0.05, 0) is 43.2 Å². The van der Waals surface area contributed by atoms with Crippen molar-refractivity contribution in [3.05, 3.63) is 35.4 Å². The highest BCUT2D eigenvalue weighted by atomic mass is 16.6. The van der Waals surface area contributed by atoms with Gasteiger partial charge in [-0.25, -0.2) is 4.79 Å². The molecule has 1 saturated heterocycles. The van der Waals surface area contributed by atoms with Gasteiger partial charge in [-0.2, -0.15) is 0 Å². The van der Waals surface area contributed by atoms with E-state index in [1.54, 1.807) is 20.1 Å². The van der Waals surface area contributed by atoms with Crippen molar-refractivity contribution in [2.75, 3.05) is 26.9 Å². The largest absolute Gasteiger partial charge is 0.497 e. The van der Waals surface area contributed by atoms with E-state index in [4.69, 9.17) is 18.9 Å². The molecule has 1 aliphatic heterocycles. The molecule has 5 nitrogen and oxygen atoms in total. The number of carbonyl (C=O) groups is 1. The number of rotatable bonds is 8. The fourth-order valence-corrected chi connectivity index (χ4v) is 2.05. The van der Waals surface area contributed by atoms with Gasteiger partial charge in [0.25, 0.3) is 0 Å². The summed E-state index contributed by atoms with van der Waals surface area (Å²) in [6, 6.07) is 5.70. The van der Waals surface area contributed by atoms with Gasteiger partial charge < -0.3 is 18.9 Å². The van der Waals surface area contributed by atoms with Crippen LogP contribution in [0.2, 0.25) is 0 Å². The first kappa shape index (κ1) is 16.5.